The fourth-order valence-electron chi connectivity index (χ4n) is 6.20. The van der Waals surface area contributed by atoms with Gasteiger partial charge in [0.25, 0.3) is 0 Å². The second-order valence-electron chi connectivity index (χ2n) is 10.3. The standard InChI is InChI=1S/C28H35NO4/c1-17-9-8-12-21-15-18(2)19(3)24-22(16-20-10-6-5-7-11-20)29-26(32)28(21,24)23(30)13-14-27(4,33)25(17)31/h5-8,10-15,17,19,21-24,30,33H,9,16H2,1-4H3,(H,29,32)/b12-8-,14-13-/t17-,19-,21-,22-,23+,24-,27+,28+/m0/s1. The van der Waals surface area contributed by atoms with Crippen molar-refractivity contribution in [3.8, 4) is 0 Å². The number of carbonyl (C=O) groups is 2. The lowest BCUT2D eigenvalue weighted by Gasteiger charge is -2.47. The highest BCUT2D eigenvalue weighted by molar-refractivity contribution is 5.91. The van der Waals surface area contributed by atoms with Gasteiger partial charge in [0.1, 0.15) is 5.60 Å². The van der Waals surface area contributed by atoms with Crippen LogP contribution in [0, 0.1) is 29.1 Å². The Morgan fingerprint density at radius 2 is 1.82 bits per heavy atom. The van der Waals surface area contributed by atoms with Crippen LogP contribution in [0.5, 0.6) is 0 Å². The number of aliphatic hydroxyl groups excluding tert-OH is 1. The van der Waals surface area contributed by atoms with Gasteiger partial charge in [-0.1, -0.05) is 74.1 Å². The largest absolute Gasteiger partial charge is 0.388 e. The number of allylic oxidation sites excluding steroid dienone is 4. The van der Waals surface area contributed by atoms with Crippen LogP contribution in [0.15, 0.2) is 66.3 Å². The molecule has 33 heavy (non-hydrogen) atoms. The number of rotatable bonds is 2. The van der Waals surface area contributed by atoms with Gasteiger partial charge >= 0.3 is 0 Å². The molecule has 0 unspecified atom stereocenters. The number of nitrogens with one attached hydrogen (secondary N) is 1. The minimum absolute atomic E-state index is 0.0801. The first-order chi connectivity index (χ1) is 15.6. The third kappa shape index (κ3) is 3.91. The van der Waals surface area contributed by atoms with Crippen LogP contribution < -0.4 is 5.32 Å². The minimum Gasteiger partial charge on any atom is -0.388 e. The van der Waals surface area contributed by atoms with Gasteiger partial charge in [-0.15, -0.1) is 0 Å². The number of ketones is 1. The molecule has 0 bridgehead atoms. The smallest absolute Gasteiger partial charge is 0.230 e. The summed E-state index contributed by atoms with van der Waals surface area (Å²) >= 11 is 0. The first-order valence-corrected chi connectivity index (χ1v) is 11.9. The number of amides is 1. The number of Topliss-reactive ketones (excluding diaryl/α,β-unsaturated/α-hetero) is 1. The van der Waals surface area contributed by atoms with Crippen LogP contribution >= 0.6 is 0 Å². The van der Waals surface area contributed by atoms with Gasteiger partial charge in [-0.3, -0.25) is 9.59 Å². The van der Waals surface area contributed by atoms with E-state index < -0.39 is 17.1 Å². The second-order valence-corrected chi connectivity index (χ2v) is 10.3. The van der Waals surface area contributed by atoms with Crippen molar-refractivity contribution in [1.29, 1.82) is 0 Å². The molecule has 2 aliphatic carbocycles. The molecule has 1 aromatic carbocycles. The Kier molecular flexibility index (Phi) is 6.23. The molecule has 176 valence electrons. The van der Waals surface area contributed by atoms with E-state index in [1.165, 1.54) is 24.6 Å². The maximum Gasteiger partial charge on any atom is 0.230 e. The zero-order valence-corrected chi connectivity index (χ0v) is 19.9. The van der Waals surface area contributed by atoms with Crippen molar-refractivity contribution < 1.29 is 19.8 Å². The van der Waals surface area contributed by atoms with Gasteiger partial charge in [-0.25, -0.2) is 0 Å². The van der Waals surface area contributed by atoms with E-state index in [4.69, 9.17) is 0 Å². The van der Waals surface area contributed by atoms with Gasteiger partial charge in [0.2, 0.25) is 5.91 Å². The quantitative estimate of drug-likeness (QED) is 0.604. The van der Waals surface area contributed by atoms with Crippen LogP contribution in [0.25, 0.3) is 0 Å². The summed E-state index contributed by atoms with van der Waals surface area (Å²) in [5, 5.41) is 25.6. The molecule has 0 saturated carbocycles. The third-order valence-corrected chi connectivity index (χ3v) is 8.12. The summed E-state index contributed by atoms with van der Waals surface area (Å²) in [5.74, 6) is -1.23. The van der Waals surface area contributed by atoms with Gasteiger partial charge in [-0.05, 0) is 44.2 Å². The summed E-state index contributed by atoms with van der Waals surface area (Å²) in [4.78, 5) is 26.5. The van der Waals surface area contributed by atoms with E-state index in [-0.39, 0.29) is 41.4 Å². The molecule has 1 aliphatic heterocycles. The van der Waals surface area contributed by atoms with Crippen molar-refractivity contribution >= 4 is 11.7 Å². The Morgan fingerprint density at radius 1 is 1.12 bits per heavy atom. The monoisotopic (exact) mass is 449 g/mol. The second kappa shape index (κ2) is 8.69. The van der Waals surface area contributed by atoms with E-state index in [9.17, 15) is 19.8 Å². The molecular weight excluding hydrogens is 414 g/mol. The summed E-state index contributed by atoms with van der Waals surface area (Å²) in [7, 11) is 0. The molecule has 1 heterocycles. The van der Waals surface area contributed by atoms with Gasteiger partial charge in [0.05, 0.1) is 11.5 Å². The lowest BCUT2D eigenvalue weighted by molar-refractivity contribution is -0.138. The highest BCUT2D eigenvalue weighted by Gasteiger charge is 2.64. The Bertz CT molecular complexity index is 1010. The van der Waals surface area contributed by atoms with Crippen molar-refractivity contribution in [1.82, 2.24) is 5.32 Å². The van der Waals surface area contributed by atoms with Crippen LogP contribution in [-0.4, -0.2) is 39.7 Å². The van der Waals surface area contributed by atoms with Crippen molar-refractivity contribution in [3.05, 3.63) is 71.8 Å². The molecule has 0 aromatic heterocycles. The molecule has 5 nitrogen and oxygen atoms in total. The van der Waals surface area contributed by atoms with E-state index in [0.717, 1.165) is 5.56 Å². The summed E-state index contributed by atoms with van der Waals surface area (Å²) in [6, 6.07) is 9.94. The molecule has 4 rings (SSSR count). The first-order valence-electron chi connectivity index (χ1n) is 11.9. The molecular formula is C28H35NO4. The minimum atomic E-state index is -1.70. The molecule has 3 aliphatic rings. The molecule has 1 saturated heterocycles. The van der Waals surface area contributed by atoms with E-state index in [2.05, 4.69) is 37.4 Å². The zero-order valence-electron chi connectivity index (χ0n) is 19.9. The average Bonchev–Trinajstić information content (AvgIpc) is 3.07. The van der Waals surface area contributed by atoms with Crippen LogP contribution in [0.1, 0.15) is 39.7 Å². The summed E-state index contributed by atoms with van der Waals surface area (Å²) in [5.41, 5.74) is -0.486. The zero-order chi connectivity index (χ0) is 24.0. The fraction of sp³-hybridized carbons (Fsp3) is 0.500. The van der Waals surface area contributed by atoms with Gasteiger partial charge in [0.15, 0.2) is 5.78 Å². The average molecular weight is 450 g/mol. The molecule has 1 amide bonds. The Hall–Kier alpha value is -2.50. The number of hydrogen-bond donors (Lipinski definition) is 3. The van der Waals surface area contributed by atoms with Crippen LogP contribution in [0.3, 0.4) is 0 Å². The topological polar surface area (TPSA) is 86.6 Å². The molecule has 0 radical (unpaired) electrons. The van der Waals surface area contributed by atoms with Crippen LogP contribution in [0.2, 0.25) is 0 Å². The fourth-order valence-corrected chi connectivity index (χ4v) is 6.20. The number of carbonyl (C=O) groups excluding carboxylic acids is 2. The van der Waals surface area contributed by atoms with E-state index in [1.807, 2.05) is 30.4 Å². The predicted molar refractivity (Wildman–Crippen MR) is 128 cm³/mol. The Labute approximate surface area is 196 Å². The summed E-state index contributed by atoms with van der Waals surface area (Å²) in [6.45, 7) is 7.46. The maximum absolute atomic E-state index is 13.8. The number of hydrogen-bond acceptors (Lipinski definition) is 4. The Morgan fingerprint density at radius 3 is 2.52 bits per heavy atom. The predicted octanol–water partition coefficient (Wildman–Crippen LogP) is 3.38. The Balaban J connectivity index is 1.84. The van der Waals surface area contributed by atoms with E-state index in [1.54, 1.807) is 6.92 Å². The normalized spacial score (nSPS) is 42.9. The molecule has 3 N–H and O–H groups in total. The van der Waals surface area contributed by atoms with Gasteiger partial charge in [-0.2, -0.15) is 0 Å². The number of aliphatic hydroxyl groups is 2. The number of benzene rings is 1. The van der Waals surface area contributed by atoms with Crippen LogP contribution in [0.4, 0.5) is 0 Å². The third-order valence-electron chi connectivity index (χ3n) is 8.12. The highest BCUT2D eigenvalue weighted by Crippen LogP contribution is 2.56. The SMILES string of the molecule is CC1=C[C@@H]2/C=C\C[C@H](C)C(=O)[C@](C)(O)/C=C\[C@@H](O)[C@]23C(=O)N[C@@H](Cc2ccccc2)[C@@H]3[C@H]1C. The van der Waals surface area contributed by atoms with Crippen LogP contribution in [-0.2, 0) is 16.0 Å². The molecule has 8 atom stereocenters. The van der Waals surface area contributed by atoms with Crippen molar-refractivity contribution in [2.45, 2.75) is 58.3 Å². The van der Waals surface area contributed by atoms with Crippen molar-refractivity contribution in [2.75, 3.05) is 0 Å². The first kappa shape index (κ1) is 23.7. The lowest BCUT2D eigenvalue weighted by Crippen LogP contribution is -2.54. The van der Waals surface area contributed by atoms with Crippen molar-refractivity contribution in [2.24, 2.45) is 29.1 Å². The van der Waals surface area contributed by atoms with E-state index >= 15 is 0 Å². The summed E-state index contributed by atoms with van der Waals surface area (Å²) in [6.07, 6.45) is 8.84. The molecule has 5 heteroatoms. The van der Waals surface area contributed by atoms with Gasteiger partial charge < -0.3 is 15.5 Å². The van der Waals surface area contributed by atoms with E-state index in [0.29, 0.717) is 12.8 Å². The van der Waals surface area contributed by atoms with Crippen molar-refractivity contribution in [3.63, 3.8) is 0 Å². The molecule has 1 fully saturated rings. The lowest BCUT2D eigenvalue weighted by atomic mass is 9.54. The summed E-state index contributed by atoms with van der Waals surface area (Å²) < 4.78 is 0. The molecule has 1 aromatic rings. The highest BCUT2D eigenvalue weighted by atomic mass is 16.3. The van der Waals surface area contributed by atoms with Gasteiger partial charge in [0, 0.05) is 23.8 Å². The maximum atomic E-state index is 13.8. The molecule has 1 spiro atoms.